The van der Waals surface area contributed by atoms with Crippen LogP contribution < -0.4 is 4.74 Å². The summed E-state index contributed by atoms with van der Waals surface area (Å²) in [6, 6.07) is 21.0. The van der Waals surface area contributed by atoms with Crippen molar-refractivity contribution >= 4 is 28.1 Å². The first-order chi connectivity index (χ1) is 11.7. The molecule has 0 aliphatic carbocycles. The van der Waals surface area contributed by atoms with Gasteiger partial charge in [0.2, 0.25) is 0 Å². The van der Waals surface area contributed by atoms with Gasteiger partial charge in [-0.2, -0.15) is 0 Å². The van der Waals surface area contributed by atoms with Crippen molar-refractivity contribution in [1.82, 2.24) is 0 Å². The van der Waals surface area contributed by atoms with Gasteiger partial charge in [-0.05, 0) is 29.0 Å². The molecule has 120 valence electrons. The van der Waals surface area contributed by atoms with Crippen molar-refractivity contribution < 1.29 is 14.3 Å². The van der Waals surface area contributed by atoms with Gasteiger partial charge in [0.15, 0.2) is 5.71 Å². The Morgan fingerprint density at radius 1 is 0.875 bits per heavy atom. The number of carbonyl (C=O) groups excluding carboxylic acids is 1. The number of carbonyl (C=O) groups is 1. The van der Waals surface area contributed by atoms with E-state index in [1.165, 1.54) is 7.11 Å². The van der Waals surface area contributed by atoms with Gasteiger partial charge in [-0.15, -0.1) is 0 Å². The van der Waals surface area contributed by atoms with Crippen LogP contribution in [-0.2, 0) is 9.53 Å². The lowest BCUT2D eigenvalue weighted by atomic mass is 10.0. The molecule has 0 fully saturated rings. The van der Waals surface area contributed by atoms with E-state index in [9.17, 15) is 4.79 Å². The van der Waals surface area contributed by atoms with Crippen LogP contribution in [0.3, 0.4) is 0 Å². The molecule has 0 N–H and O–H groups in total. The number of para-hydroxylation sites is 2. The van der Waals surface area contributed by atoms with Crippen LogP contribution in [0.15, 0.2) is 71.7 Å². The van der Waals surface area contributed by atoms with Gasteiger partial charge < -0.3 is 9.47 Å². The number of esters is 1. The second-order valence-corrected chi connectivity index (χ2v) is 5.19. The first kappa shape index (κ1) is 15.7. The normalized spacial score (nSPS) is 11.3. The molecule has 0 bridgehead atoms. The molecular formula is C20H17NO3. The second-order valence-electron chi connectivity index (χ2n) is 5.19. The van der Waals surface area contributed by atoms with E-state index in [0.717, 1.165) is 10.8 Å². The maximum absolute atomic E-state index is 12.3. The highest BCUT2D eigenvalue weighted by atomic mass is 16.5. The highest BCUT2D eigenvalue weighted by Gasteiger charge is 2.16. The van der Waals surface area contributed by atoms with E-state index in [-0.39, 0.29) is 5.71 Å². The van der Waals surface area contributed by atoms with E-state index in [4.69, 9.17) is 9.47 Å². The molecule has 0 aliphatic heterocycles. The summed E-state index contributed by atoms with van der Waals surface area (Å²) in [7, 11) is 2.92. The molecule has 3 aromatic carbocycles. The summed E-state index contributed by atoms with van der Waals surface area (Å²) in [4.78, 5) is 16.8. The monoisotopic (exact) mass is 319 g/mol. The average Bonchev–Trinajstić information content (AvgIpc) is 2.65. The van der Waals surface area contributed by atoms with E-state index in [1.807, 2.05) is 54.6 Å². The van der Waals surface area contributed by atoms with Crippen molar-refractivity contribution in [2.75, 3.05) is 14.2 Å². The van der Waals surface area contributed by atoms with Gasteiger partial charge in [-0.25, -0.2) is 9.79 Å². The third-order valence-electron chi connectivity index (χ3n) is 3.72. The summed E-state index contributed by atoms with van der Waals surface area (Å²) < 4.78 is 10.2. The number of nitrogens with zero attached hydrogens (tertiary/aromatic N) is 1. The molecule has 24 heavy (non-hydrogen) atoms. The number of fused-ring (bicyclic) bond motifs is 1. The fourth-order valence-electron chi connectivity index (χ4n) is 2.50. The number of methoxy groups -OCH3 is 2. The molecule has 0 radical (unpaired) electrons. The number of benzene rings is 3. The molecule has 0 unspecified atom stereocenters. The standard InChI is InChI=1S/C20H17NO3/c1-23-18-10-6-5-9-17(18)21-19(20(22)24-2)16-12-11-14-7-3-4-8-15(14)13-16/h3-13H,1-2H3. The lowest BCUT2D eigenvalue weighted by molar-refractivity contribution is -0.132. The summed E-state index contributed by atoms with van der Waals surface area (Å²) in [5.41, 5.74) is 1.52. The van der Waals surface area contributed by atoms with Gasteiger partial charge in [0.1, 0.15) is 11.4 Å². The highest BCUT2D eigenvalue weighted by molar-refractivity contribution is 6.44. The summed E-state index contributed by atoms with van der Waals surface area (Å²) in [5.74, 6) is 0.107. The van der Waals surface area contributed by atoms with Gasteiger partial charge in [-0.1, -0.05) is 48.5 Å². The lowest BCUT2D eigenvalue weighted by Gasteiger charge is -2.09. The van der Waals surface area contributed by atoms with E-state index >= 15 is 0 Å². The predicted octanol–water partition coefficient (Wildman–Crippen LogP) is 4.14. The molecular weight excluding hydrogens is 302 g/mol. The molecule has 0 heterocycles. The van der Waals surface area contributed by atoms with Gasteiger partial charge in [-0.3, -0.25) is 0 Å². The average molecular weight is 319 g/mol. The molecule has 3 aromatic rings. The van der Waals surface area contributed by atoms with Crippen LogP contribution >= 0.6 is 0 Å². The Balaban J connectivity index is 2.15. The van der Waals surface area contributed by atoms with Gasteiger partial charge >= 0.3 is 5.97 Å². The summed E-state index contributed by atoms with van der Waals surface area (Å²) in [6.45, 7) is 0. The van der Waals surface area contributed by atoms with Crippen LogP contribution in [0.4, 0.5) is 5.69 Å². The Labute approximate surface area is 140 Å². The molecule has 0 saturated heterocycles. The Kier molecular flexibility index (Phi) is 4.57. The van der Waals surface area contributed by atoms with E-state index in [2.05, 4.69) is 4.99 Å². The van der Waals surface area contributed by atoms with Crippen LogP contribution in [-0.4, -0.2) is 25.9 Å². The summed E-state index contributed by atoms with van der Waals surface area (Å²) in [6.07, 6.45) is 0. The molecule has 0 aliphatic rings. The molecule has 0 spiro atoms. The van der Waals surface area contributed by atoms with Crippen LogP contribution in [0.25, 0.3) is 10.8 Å². The molecule has 0 saturated carbocycles. The number of hydrogen-bond acceptors (Lipinski definition) is 4. The SMILES string of the molecule is COC(=O)C(=Nc1ccccc1OC)c1ccc2ccccc2c1. The fourth-order valence-corrected chi connectivity index (χ4v) is 2.50. The van der Waals surface area contributed by atoms with Crippen molar-refractivity contribution in [3.8, 4) is 5.75 Å². The van der Waals surface area contributed by atoms with Gasteiger partial charge in [0.25, 0.3) is 0 Å². The van der Waals surface area contributed by atoms with E-state index in [1.54, 1.807) is 19.2 Å². The number of aliphatic imine (C=N–C) groups is 1. The fraction of sp³-hybridized carbons (Fsp3) is 0.100. The third-order valence-corrected chi connectivity index (χ3v) is 3.72. The smallest absolute Gasteiger partial charge is 0.357 e. The Morgan fingerprint density at radius 3 is 2.33 bits per heavy atom. The first-order valence-corrected chi connectivity index (χ1v) is 7.52. The first-order valence-electron chi connectivity index (χ1n) is 7.52. The number of ether oxygens (including phenoxy) is 2. The molecule has 0 aromatic heterocycles. The van der Waals surface area contributed by atoms with Crippen LogP contribution in [0, 0.1) is 0 Å². The third kappa shape index (κ3) is 3.13. The molecule has 0 amide bonds. The van der Waals surface area contributed by atoms with Gasteiger partial charge in [0, 0.05) is 5.56 Å². The number of hydrogen-bond donors (Lipinski definition) is 0. The quantitative estimate of drug-likeness (QED) is 0.536. The topological polar surface area (TPSA) is 47.9 Å². The highest BCUT2D eigenvalue weighted by Crippen LogP contribution is 2.28. The molecule has 0 atom stereocenters. The maximum atomic E-state index is 12.3. The zero-order chi connectivity index (χ0) is 16.9. The lowest BCUT2D eigenvalue weighted by Crippen LogP contribution is -2.17. The summed E-state index contributed by atoms with van der Waals surface area (Å²) >= 11 is 0. The largest absolute Gasteiger partial charge is 0.494 e. The van der Waals surface area contributed by atoms with Gasteiger partial charge in [0.05, 0.1) is 14.2 Å². The van der Waals surface area contributed by atoms with Crippen molar-refractivity contribution in [3.63, 3.8) is 0 Å². The van der Waals surface area contributed by atoms with Crippen LogP contribution in [0.1, 0.15) is 5.56 Å². The minimum Gasteiger partial charge on any atom is -0.494 e. The summed E-state index contributed by atoms with van der Waals surface area (Å²) in [5, 5.41) is 2.13. The van der Waals surface area contributed by atoms with Crippen molar-refractivity contribution in [1.29, 1.82) is 0 Å². The predicted molar refractivity (Wildman–Crippen MR) is 95.2 cm³/mol. The van der Waals surface area contributed by atoms with Crippen molar-refractivity contribution in [2.45, 2.75) is 0 Å². The second kappa shape index (κ2) is 6.96. The Hall–Kier alpha value is -3.14. The molecule has 3 rings (SSSR count). The maximum Gasteiger partial charge on any atom is 0.357 e. The zero-order valence-corrected chi connectivity index (χ0v) is 13.5. The zero-order valence-electron chi connectivity index (χ0n) is 13.5. The Bertz CT molecular complexity index is 915. The number of rotatable bonds is 4. The van der Waals surface area contributed by atoms with E-state index in [0.29, 0.717) is 17.0 Å². The molecule has 4 heteroatoms. The minimum absolute atomic E-state index is 0.243. The molecule has 4 nitrogen and oxygen atoms in total. The van der Waals surface area contributed by atoms with Crippen molar-refractivity contribution in [2.24, 2.45) is 4.99 Å². The minimum atomic E-state index is -0.490. The van der Waals surface area contributed by atoms with E-state index < -0.39 is 5.97 Å². The van der Waals surface area contributed by atoms with Crippen LogP contribution in [0.5, 0.6) is 5.75 Å². The van der Waals surface area contributed by atoms with Crippen LogP contribution in [0.2, 0.25) is 0 Å². The van der Waals surface area contributed by atoms with Crippen molar-refractivity contribution in [3.05, 3.63) is 72.3 Å². The Morgan fingerprint density at radius 2 is 1.58 bits per heavy atom.